The van der Waals surface area contributed by atoms with Crippen LogP contribution in [0.4, 0.5) is 4.39 Å². The predicted molar refractivity (Wildman–Crippen MR) is 82.9 cm³/mol. The highest BCUT2D eigenvalue weighted by molar-refractivity contribution is 8.00. The molecule has 0 aliphatic heterocycles. The lowest BCUT2D eigenvalue weighted by molar-refractivity contribution is -0.120. The Morgan fingerprint density at radius 1 is 1.41 bits per heavy atom. The van der Waals surface area contributed by atoms with Crippen molar-refractivity contribution in [2.24, 2.45) is 7.05 Å². The van der Waals surface area contributed by atoms with Crippen LogP contribution in [0.15, 0.2) is 29.4 Å². The van der Waals surface area contributed by atoms with E-state index < -0.39 is 0 Å². The van der Waals surface area contributed by atoms with Crippen molar-refractivity contribution < 1.29 is 9.18 Å². The zero-order valence-corrected chi connectivity index (χ0v) is 13.2. The number of nitrogens with zero attached hydrogens (tertiary/aromatic N) is 3. The Morgan fingerprint density at radius 3 is 2.82 bits per heavy atom. The van der Waals surface area contributed by atoms with Crippen molar-refractivity contribution in [3.8, 4) is 11.4 Å². The van der Waals surface area contributed by atoms with Crippen LogP contribution in [-0.2, 0) is 11.8 Å². The third kappa shape index (κ3) is 3.14. The van der Waals surface area contributed by atoms with Crippen molar-refractivity contribution >= 4 is 17.7 Å². The van der Waals surface area contributed by atoms with Crippen molar-refractivity contribution in [2.75, 3.05) is 0 Å². The molecule has 7 heteroatoms. The van der Waals surface area contributed by atoms with Gasteiger partial charge in [-0.05, 0) is 31.9 Å². The van der Waals surface area contributed by atoms with Gasteiger partial charge in [0.05, 0.1) is 10.8 Å². The molecule has 0 radical (unpaired) electrons. The molecule has 116 valence electrons. The highest BCUT2D eigenvalue weighted by Crippen LogP contribution is 2.27. The largest absolute Gasteiger partial charge is 0.352 e. The first-order valence-electron chi connectivity index (χ1n) is 7.17. The fourth-order valence-corrected chi connectivity index (χ4v) is 2.88. The Kier molecular flexibility index (Phi) is 4.15. The summed E-state index contributed by atoms with van der Waals surface area (Å²) >= 11 is 1.32. The molecular formula is C15H17FN4OS. The molecule has 1 atom stereocenters. The first-order valence-corrected chi connectivity index (χ1v) is 8.05. The van der Waals surface area contributed by atoms with E-state index in [-0.39, 0.29) is 17.0 Å². The maximum absolute atomic E-state index is 13.9. The van der Waals surface area contributed by atoms with Gasteiger partial charge in [0, 0.05) is 13.1 Å². The van der Waals surface area contributed by atoms with Crippen molar-refractivity contribution in [1.29, 1.82) is 0 Å². The number of amides is 1. The van der Waals surface area contributed by atoms with Crippen LogP contribution in [0.1, 0.15) is 19.8 Å². The van der Waals surface area contributed by atoms with E-state index in [0.717, 1.165) is 12.8 Å². The number of aromatic nitrogens is 3. The van der Waals surface area contributed by atoms with E-state index >= 15 is 0 Å². The molecule has 1 aliphatic rings. The number of carbonyl (C=O) groups excluding carboxylic acids is 1. The van der Waals surface area contributed by atoms with Gasteiger partial charge in [-0.1, -0.05) is 23.9 Å². The number of nitrogens with one attached hydrogen (secondary N) is 1. The molecule has 0 spiro atoms. The number of thioether (sulfide) groups is 1. The monoisotopic (exact) mass is 320 g/mol. The molecule has 1 aromatic carbocycles. The first kappa shape index (κ1) is 15.0. The molecule has 1 fully saturated rings. The van der Waals surface area contributed by atoms with Crippen LogP contribution >= 0.6 is 11.8 Å². The fraction of sp³-hybridized carbons (Fsp3) is 0.400. The Labute approximate surface area is 132 Å². The first-order chi connectivity index (χ1) is 10.6. The molecule has 1 aromatic heterocycles. The minimum atomic E-state index is -0.339. The van der Waals surface area contributed by atoms with Gasteiger partial charge in [-0.25, -0.2) is 4.39 Å². The van der Waals surface area contributed by atoms with Gasteiger partial charge in [-0.3, -0.25) is 4.79 Å². The van der Waals surface area contributed by atoms with E-state index in [2.05, 4.69) is 15.5 Å². The summed E-state index contributed by atoms with van der Waals surface area (Å²) in [6.07, 6.45) is 2.12. The highest BCUT2D eigenvalue weighted by atomic mass is 32.2. The maximum Gasteiger partial charge on any atom is 0.233 e. The molecular weight excluding hydrogens is 303 g/mol. The zero-order valence-electron chi connectivity index (χ0n) is 12.4. The standard InChI is InChI=1S/C15H17FN4OS/c1-9(14(21)17-10-7-8-10)22-15-19-18-13(20(15)2)11-5-3-4-6-12(11)16/h3-6,9-10H,7-8H2,1-2H3,(H,17,21)/t9-/m0/s1. The van der Waals surface area contributed by atoms with Gasteiger partial charge in [-0.2, -0.15) is 0 Å². The lowest BCUT2D eigenvalue weighted by Crippen LogP contribution is -2.32. The lowest BCUT2D eigenvalue weighted by Gasteiger charge is -2.11. The molecule has 1 amide bonds. The van der Waals surface area contributed by atoms with Crippen LogP contribution in [0.5, 0.6) is 0 Å². The van der Waals surface area contributed by atoms with Gasteiger partial charge in [0.1, 0.15) is 5.82 Å². The van der Waals surface area contributed by atoms with Crippen LogP contribution in [0.2, 0.25) is 0 Å². The number of carbonyl (C=O) groups is 1. The van der Waals surface area contributed by atoms with E-state index in [9.17, 15) is 9.18 Å². The number of halogens is 1. The Bertz CT molecular complexity index is 699. The summed E-state index contributed by atoms with van der Waals surface area (Å²) in [6, 6.07) is 6.78. The average Bonchev–Trinajstić information content (AvgIpc) is 3.24. The Morgan fingerprint density at radius 2 is 2.14 bits per heavy atom. The lowest BCUT2D eigenvalue weighted by atomic mass is 10.2. The summed E-state index contributed by atoms with van der Waals surface area (Å²) in [5.74, 6) is 0.118. The van der Waals surface area contributed by atoms with Gasteiger partial charge >= 0.3 is 0 Å². The summed E-state index contributed by atoms with van der Waals surface area (Å²) in [7, 11) is 1.77. The number of benzene rings is 1. The zero-order chi connectivity index (χ0) is 15.7. The second kappa shape index (κ2) is 6.08. The molecule has 1 aliphatic carbocycles. The predicted octanol–water partition coefficient (Wildman–Crippen LogP) is 2.38. The summed E-state index contributed by atoms with van der Waals surface area (Å²) in [5, 5.41) is 11.4. The fourth-order valence-electron chi connectivity index (χ4n) is 2.05. The molecule has 1 saturated carbocycles. The summed E-state index contributed by atoms with van der Waals surface area (Å²) in [4.78, 5) is 12.0. The maximum atomic E-state index is 13.9. The molecule has 1 N–H and O–H groups in total. The Hall–Kier alpha value is -1.89. The van der Waals surface area contributed by atoms with Crippen LogP contribution < -0.4 is 5.32 Å². The highest BCUT2D eigenvalue weighted by Gasteiger charge is 2.27. The quantitative estimate of drug-likeness (QED) is 0.859. The van der Waals surface area contributed by atoms with Crippen LogP contribution in [0, 0.1) is 5.82 Å². The van der Waals surface area contributed by atoms with E-state index in [1.165, 1.54) is 17.8 Å². The van der Waals surface area contributed by atoms with Crippen LogP contribution in [0.25, 0.3) is 11.4 Å². The molecule has 2 aromatic rings. The average molecular weight is 320 g/mol. The van der Waals surface area contributed by atoms with Gasteiger partial charge in [-0.15, -0.1) is 10.2 Å². The molecule has 0 unspecified atom stereocenters. The van der Waals surface area contributed by atoms with Gasteiger partial charge in [0.25, 0.3) is 0 Å². The third-order valence-electron chi connectivity index (χ3n) is 3.52. The van der Waals surface area contributed by atoms with Crippen molar-refractivity contribution in [2.45, 2.75) is 36.2 Å². The van der Waals surface area contributed by atoms with E-state index in [0.29, 0.717) is 22.6 Å². The SMILES string of the molecule is C[C@H](Sc1nnc(-c2ccccc2F)n1C)C(=O)NC1CC1. The molecule has 1 heterocycles. The van der Waals surface area contributed by atoms with Crippen molar-refractivity contribution in [1.82, 2.24) is 20.1 Å². The second-order valence-corrected chi connectivity index (χ2v) is 6.70. The second-order valence-electron chi connectivity index (χ2n) is 5.39. The molecule has 22 heavy (non-hydrogen) atoms. The van der Waals surface area contributed by atoms with Gasteiger partial charge < -0.3 is 9.88 Å². The molecule has 5 nitrogen and oxygen atoms in total. The number of rotatable bonds is 5. The summed E-state index contributed by atoms with van der Waals surface area (Å²) in [6.45, 7) is 1.83. The minimum Gasteiger partial charge on any atom is -0.352 e. The number of hydrogen-bond acceptors (Lipinski definition) is 4. The van der Waals surface area contributed by atoms with Crippen molar-refractivity contribution in [3.05, 3.63) is 30.1 Å². The van der Waals surface area contributed by atoms with Crippen molar-refractivity contribution in [3.63, 3.8) is 0 Å². The van der Waals surface area contributed by atoms with Crippen LogP contribution in [0.3, 0.4) is 0 Å². The smallest absolute Gasteiger partial charge is 0.233 e. The van der Waals surface area contributed by atoms with Gasteiger partial charge in [0.15, 0.2) is 11.0 Å². The Balaban J connectivity index is 1.75. The van der Waals surface area contributed by atoms with Crippen LogP contribution in [-0.4, -0.2) is 32.0 Å². The third-order valence-corrected chi connectivity index (χ3v) is 4.66. The molecule has 0 bridgehead atoms. The van der Waals surface area contributed by atoms with Gasteiger partial charge in [0.2, 0.25) is 5.91 Å². The topological polar surface area (TPSA) is 59.8 Å². The van der Waals surface area contributed by atoms with E-state index in [4.69, 9.17) is 0 Å². The van der Waals surface area contributed by atoms with E-state index in [1.54, 1.807) is 29.8 Å². The number of hydrogen-bond donors (Lipinski definition) is 1. The van der Waals surface area contributed by atoms with E-state index in [1.807, 2.05) is 6.92 Å². The minimum absolute atomic E-state index is 0.00272. The molecule has 0 saturated heterocycles. The summed E-state index contributed by atoms with van der Waals surface area (Å²) < 4.78 is 15.6. The summed E-state index contributed by atoms with van der Waals surface area (Å²) in [5.41, 5.74) is 0.402. The molecule has 3 rings (SSSR count). The normalized spacial score (nSPS) is 15.6.